The van der Waals surface area contributed by atoms with Gasteiger partial charge in [-0.25, -0.2) is 0 Å². The summed E-state index contributed by atoms with van der Waals surface area (Å²) in [5.74, 6) is 0.538. The average molecular weight is 287 g/mol. The standard InChI is InChI=1S/C17H25N3O/c1-20-10-2-3-15-11-13(4-7-16(15)20)12-18-8-9-19-17(21)14-5-6-14/h4,7,11,14,18H,2-3,5-6,8-10,12H2,1H3,(H,19,21). The zero-order chi connectivity index (χ0) is 14.7. The van der Waals surface area contributed by atoms with Gasteiger partial charge in [0, 0.05) is 44.8 Å². The highest BCUT2D eigenvalue weighted by atomic mass is 16.2. The van der Waals surface area contributed by atoms with Gasteiger partial charge in [-0.15, -0.1) is 0 Å². The lowest BCUT2D eigenvalue weighted by atomic mass is 9.99. The molecule has 0 aromatic heterocycles. The number of hydrogen-bond donors (Lipinski definition) is 2. The van der Waals surface area contributed by atoms with Gasteiger partial charge in [0.25, 0.3) is 0 Å². The van der Waals surface area contributed by atoms with Crippen molar-refractivity contribution < 1.29 is 4.79 Å². The van der Waals surface area contributed by atoms with Gasteiger partial charge in [0.2, 0.25) is 5.91 Å². The first-order valence-corrected chi connectivity index (χ1v) is 8.05. The summed E-state index contributed by atoms with van der Waals surface area (Å²) >= 11 is 0. The van der Waals surface area contributed by atoms with Gasteiger partial charge in [-0.2, -0.15) is 0 Å². The number of fused-ring (bicyclic) bond motifs is 1. The van der Waals surface area contributed by atoms with Gasteiger partial charge in [-0.1, -0.05) is 12.1 Å². The van der Waals surface area contributed by atoms with E-state index in [2.05, 4.69) is 40.8 Å². The van der Waals surface area contributed by atoms with E-state index < -0.39 is 0 Å². The Morgan fingerprint density at radius 3 is 3.00 bits per heavy atom. The molecule has 1 fully saturated rings. The molecule has 0 spiro atoms. The zero-order valence-electron chi connectivity index (χ0n) is 12.8. The highest BCUT2D eigenvalue weighted by molar-refractivity contribution is 5.80. The fraction of sp³-hybridized carbons (Fsp3) is 0.588. The Morgan fingerprint density at radius 2 is 2.19 bits per heavy atom. The lowest BCUT2D eigenvalue weighted by molar-refractivity contribution is -0.122. The van der Waals surface area contributed by atoms with Crippen molar-refractivity contribution in [2.75, 3.05) is 31.6 Å². The van der Waals surface area contributed by atoms with E-state index in [0.29, 0.717) is 5.92 Å². The average Bonchev–Trinajstić information content (AvgIpc) is 3.31. The number of amides is 1. The predicted octanol–water partition coefficient (Wildman–Crippen LogP) is 1.68. The number of nitrogens with one attached hydrogen (secondary N) is 2. The molecule has 0 unspecified atom stereocenters. The number of carbonyl (C=O) groups is 1. The molecule has 1 aliphatic carbocycles. The van der Waals surface area contributed by atoms with Gasteiger partial charge >= 0.3 is 0 Å². The van der Waals surface area contributed by atoms with Crippen molar-refractivity contribution in [2.24, 2.45) is 5.92 Å². The largest absolute Gasteiger partial charge is 0.374 e. The molecule has 1 saturated carbocycles. The molecule has 1 aliphatic heterocycles. The number of hydrogen-bond acceptors (Lipinski definition) is 3. The van der Waals surface area contributed by atoms with E-state index in [1.54, 1.807) is 0 Å². The normalized spacial score (nSPS) is 17.5. The van der Waals surface area contributed by atoms with Gasteiger partial charge in [0.1, 0.15) is 0 Å². The lowest BCUT2D eigenvalue weighted by Gasteiger charge is -2.27. The molecule has 114 valence electrons. The number of aryl methyl sites for hydroxylation is 1. The molecule has 21 heavy (non-hydrogen) atoms. The van der Waals surface area contributed by atoms with Crippen molar-refractivity contribution in [1.82, 2.24) is 10.6 Å². The van der Waals surface area contributed by atoms with Crippen LogP contribution in [0.5, 0.6) is 0 Å². The van der Waals surface area contributed by atoms with Crippen LogP contribution >= 0.6 is 0 Å². The minimum atomic E-state index is 0.230. The summed E-state index contributed by atoms with van der Waals surface area (Å²) in [5.41, 5.74) is 4.17. The molecule has 4 nitrogen and oxygen atoms in total. The topological polar surface area (TPSA) is 44.4 Å². The quantitative estimate of drug-likeness (QED) is 0.783. The number of anilines is 1. The van der Waals surface area contributed by atoms with Crippen LogP contribution in [0.2, 0.25) is 0 Å². The van der Waals surface area contributed by atoms with E-state index in [4.69, 9.17) is 0 Å². The van der Waals surface area contributed by atoms with Gasteiger partial charge in [0.15, 0.2) is 0 Å². The summed E-state index contributed by atoms with van der Waals surface area (Å²) in [6, 6.07) is 6.76. The molecule has 1 aromatic carbocycles. The number of nitrogens with zero attached hydrogens (tertiary/aromatic N) is 1. The maximum atomic E-state index is 11.5. The van der Waals surface area contributed by atoms with Crippen LogP contribution in [0.25, 0.3) is 0 Å². The van der Waals surface area contributed by atoms with E-state index in [1.165, 1.54) is 29.7 Å². The Balaban J connectivity index is 1.42. The van der Waals surface area contributed by atoms with E-state index in [0.717, 1.165) is 39.0 Å². The second-order valence-corrected chi connectivity index (χ2v) is 6.23. The number of carbonyl (C=O) groups excluding carboxylic acids is 1. The molecule has 3 rings (SSSR count). The van der Waals surface area contributed by atoms with Gasteiger partial charge in [-0.3, -0.25) is 4.79 Å². The summed E-state index contributed by atoms with van der Waals surface area (Å²) in [6.45, 7) is 3.58. The van der Waals surface area contributed by atoms with Crippen LogP contribution in [0.4, 0.5) is 5.69 Å². The Bertz CT molecular complexity index is 511. The molecule has 0 bridgehead atoms. The first-order valence-electron chi connectivity index (χ1n) is 8.05. The fourth-order valence-electron chi connectivity index (χ4n) is 2.95. The van der Waals surface area contributed by atoms with Crippen molar-refractivity contribution in [3.63, 3.8) is 0 Å². The molecule has 1 heterocycles. The maximum absolute atomic E-state index is 11.5. The first-order chi connectivity index (χ1) is 10.2. The van der Waals surface area contributed by atoms with Crippen LogP contribution < -0.4 is 15.5 Å². The minimum absolute atomic E-state index is 0.230. The lowest BCUT2D eigenvalue weighted by Crippen LogP contribution is -2.32. The second kappa shape index (κ2) is 6.48. The third-order valence-electron chi connectivity index (χ3n) is 4.37. The number of benzene rings is 1. The molecule has 2 aliphatic rings. The fourth-order valence-corrected chi connectivity index (χ4v) is 2.95. The van der Waals surface area contributed by atoms with Crippen molar-refractivity contribution >= 4 is 11.6 Å². The summed E-state index contributed by atoms with van der Waals surface area (Å²) in [6.07, 6.45) is 4.57. The minimum Gasteiger partial charge on any atom is -0.374 e. The van der Waals surface area contributed by atoms with Crippen molar-refractivity contribution in [3.05, 3.63) is 29.3 Å². The van der Waals surface area contributed by atoms with E-state index in [-0.39, 0.29) is 5.91 Å². The molecule has 2 N–H and O–H groups in total. The van der Waals surface area contributed by atoms with Crippen LogP contribution in [-0.4, -0.2) is 32.6 Å². The van der Waals surface area contributed by atoms with E-state index in [9.17, 15) is 4.79 Å². The second-order valence-electron chi connectivity index (χ2n) is 6.23. The Labute approximate surface area is 126 Å². The highest BCUT2D eigenvalue weighted by Gasteiger charge is 2.28. The van der Waals surface area contributed by atoms with Crippen LogP contribution in [0.1, 0.15) is 30.4 Å². The van der Waals surface area contributed by atoms with Crippen LogP contribution in [-0.2, 0) is 17.8 Å². The third-order valence-corrected chi connectivity index (χ3v) is 4.37. The summed E-state index contributed by atoms with van der Waals surface area (Å²) in [4.78, 5) is 13.8. The van der Waals surface area contributed by atoms with Crippen LogP contribution in [0.3, 0.4) is 0 Å². The smallest absolute Gasteiger partial charge is 0.223 e. The Hall–Kier alpha value is -1.55. The molecule has 0 atom stereocenters. The predicted molar refractivity (Wildman–Crippen MR) is 85.5 cm³/mol. The monoisotopic (exact) mass is 287 g/mol. The molecular formula is C17H25N3O. The Morgan fingerprint density at radius 1 is 1.33 bits per heavy atom. The summed E-state index contributed by atoms with van der Waals surface area (Å²) < 4.78 is 0. The molecule has 0 saturated heterocycles. The van der Waals surface area contributed by atoms with E-state index in [1.807, 2.05) is 0 Å². The van der Waals surface area contributed by atoms with Gasteiger partial charge < -0.3 is 15.5 Å². The third kappa shape index (κ3) is 3.76. The van der Waals surface area contributed by atoms with Crippen LogP contribution in [0.15, 0.2) is 18.2 Å². The first kappa shape index (κ1) is 14.4. The van der Waals surface area contributed by atoms with Crippen molar-refractivity contribution in [3.8, 4) is 0 Å². The molecular weight excluding hydrogens is 262 g/mol. The van der Waals surface area contributed by atoms with Crippen LogP contribution in [0, 0.1) is 5.92 Å². The maximum Gasteiger partial charge on any atom is 0.223 e. The summed E-state index contributed by atoms with van der Waals surface area (Å²) in [7, 11) is 2.17. The van der Waals surface area contributed by atoms with Gasteiger partial charge in [0.05, 0.1) is 0 Å². The summed E-state index contributed by atoms with van der Waals surface area (Å²) in [5, 5.41) is 6.38. The Kier molecular flexibility index (Phi) is 4.44. The molecule has 4 heteroatoms. The molecule has 1 aromatic rings. The van der Waals surface area contributed by atoms with E-state index >= 15 is 0 Å². The van der Waals surface area contributed by atoms with Crippen molar-refractivity contribution in [1.29, 1.82) is 0 Å². The van der Waals surface area contributed by atoms with Gasteiger partial charge in [-0.05, 0) is 42.9 Å². The molecule has 1 amide bonds. The highest BCUT2D eigenvalue weighted by Crippen LogP contribution is 2.28. The van der Waals surface area contributed by atoms with Crippen molar-refractivity contribution in [2.45, 2.75) is 32.2 Å². The zero-order valence-corrected chi connectivity index (χ0v) is 12.8. The molecule has 0 radical (unpaired) electrons. The SMILES string of the molecule is CN1CCCc2cc(CNCCNC(=O)C3CC3)ccc21. The number of rotatable bonds is 6.